The van der Waals surface area contributed by atoms with Crippen LogP contribution in [-0.4, -0.2) is 27.0 Å². The predicted molar refractivity (Wildman–Crippen MR) is 122 cm³/mol. The molecule has 0 bridgehead atoms. The number of thioether (sulfide) groups is 1. The largest absolute Gasteiger partial charge is 0.489 e. The molecule has 2 aromatic rings. The van der Waals surface area contributed by atoms with Gasteiger partial charge in [0.25, 0.3) is 5.91 Å². The maximum Gasteiger partial charge on any atom is 0.283 e. The van der Waals surface area contributed by atoms with Crippen molar-refractivity contribution in [1.29, 1.82) is 5.41 Å². The highest BCUT2D eigenvalue weighted by molar-refractivity contribution is 8.26. The summed E-state index contributed by atoms with van der Waals surface area (Å²) in [5.41, 5.74) is 2.13. The molecule has 7 heteroatoms. The highest BCUT2D eigenvalue weighted by Crippen LogP contribution is 2.30. The van der Waals surface area contributed by atoms with Crippen LogP contribution in [0.15, 0.2) is 70.3 Å². The molecule has 152 valence electrons. The third-order valence-electron chi connectivity index (χ3n) is 4.68. The van der Waals surface area contributed by atoms with Gasteiger partial charge in [0, 0.05) is 0 Å². The second-order valence-corrected chi connectivity index (χ2v) is 8.00. The Morgan fingerprint density at radius 3 is 2.63 bits per heavy atom. The van der Waals surface area contributed by atoms with E-state index in [2.05, 4.69) is 17.0 Å². The van der Waals surface area contributed by atoms with E-state index in [1.54, 1.807) is 6.08 Å². The van der Waals surface area contributed by atoms with E-state index in [0.717, 1.165) is 41.2 Å². The lowest BCUT2D eigenvalue weighted by atomic mass is 10.1. The Bertz CT molecular complexity index is 1040. The number of benzene rings is 2. The van der Waals surface area contributed by atoms with E-state index < -0.39 is 5.91 Å². The number of ether oxygens (including phenoxy) is 1. The number of amidine groups is 2. The Morgan fingerprint density at radius 2 is 1.90 bits per heavy atom. The summed E-state index contributed by atoms with van der Waals surface area (Å²) in [6.07, 6.45) is 4.60. The second kappa shape index (κ2) is 9.09. The first-order chi connectivity index (χ1) is 14.6. The Labute approximate surface area is 179 Å². The average molecular weight is 419 g/mol. The molecule has 2 aliphatic rings. The summed E-state index contributed by atoms with van der Waals surface area (Å²) < 4.78 is 5.80. The standard InChI is InChI=1S/C23H22N4O2S/c1-2-3-9-20-26-27-21(24)19(22(28)25-23(27)30-20)14-16-10-12-18(13-11-16)29-15-17-7-5-4-6-8-17/h4-8,10-14,24H,2-3,9,15H2,1H3/b19-14-,24-21?. The van der Waals surface area contributed by atoms with Crippen LogP contribution in [0.2, 0.25) is 0 Å². The number of fused-ring (bicyclic) bond motifs is 1. The first-order valence-electron chi connectivity index (χ1n) is 9.90. The summed E-state index contributed by atoms with van der Waals surface area (Å²) in [5, 5.41) is 15.7. The maximum absolute atomic E-state index is 12.5. The van der Waals surface area contributed by atoms with Gasteiger partial charge in [-0.2, -0.15) is 15.1 Å². The number of carbonyl (C=O) groups is 1. The van der Waals surface area contributed by atoms with Crippen molar-refractivity contribution >= 4 is 39.8 Å². The van der Waals surface area contributed by atoms with Crippen LogP contribution in [0.25, 0.3) is 6.08 Å². The van der Waals surface area contributed by atoms with Gasteiger partial charge >= 0.3 is 0 Å². The lowest BCUT2D eigenvalue weighted by molar-refractivity contribution is -0.114. The molecule has 0 aliphatic carbocycles. The summed E-state index contributed by atoms with van der Waals surface area (Å²) in [6, 6.07) is 17.4. The summed E-state index contributed by atoms with van der Waals surface area (Å²) in [4.78, 5) is 16.6. The molecule has 2 aliphatic heterocycles. The molecular weight excluding hydrogens is 396 g/mol. The number of aliphatic imine (C=N–C) groups is 1. The zero-order chi connectivity index (χ0) is 20.9. The number of nitrogens with one attached hydrogen (secondary N) is 1. The van der Waals surface area contributed by atoms with Crippen LogP contribution in [0.5, 0.6) is 5.75 Å². The van der Waals surface area contributed by atoms with Gasteiger partial charge in [-0.15, -0.1) is 0 Å². The van der Waals surface area contributed by atoms with Crippen LogP contribution in [0.1, 0.15) is 37.3 Å². The quantitative estimate of drug-likeness (QED) is 0.637. The normalized spacial score (nSPS) is 17.1. The molecule has 0 spiro atoms. The van der Waals surface area contributed by atoms with Gasteiger partial charge in [0.05, 0.1) is 5.57 Å². The first-order valence-corrected chi connectivity index (χ1v) is 10.7. The molecule has 0 saturated heterocycles. The molecule has 1 N–H and O–H groups in total. The molecule has 0 fully saturated rings. The molecule has 0 radical (unpaired) electrons. The number of hydrogen-bond donors (Lipinski definition) is 1. The van der Waals surface area contributed by atoms with Crippen molar-refractivity contribution < 1.29 is 9.53 Å². The van der Waals surface area contributed by atoms with Gasteiger partial charge in [0.2, 0.25) is 5.17 Å². The van der Waals surface area contributed by atoms with Crippen molar-refractivity contribution in [3.8, 4) is 5.75 Å². The predicted octanol–water partition coefficient (Wildman–Crippen LogP) is 5.07. The van der Waals surface area contributed by atoms with Crippen LogP contribution in [-0.2, 0) is 11.4 Å². The van der Waals surface area contributed by atoms with Crippen LogP contribution in [0.4, 0.5) is 0 Å². The summed E-state index contributed by atoms with van der Waals surface area (Å²) in [6.45, 7) is 2.61. The third kappa shape index (κ3) is 4.52. The summed E-state index contributed by atoms with van der Waals surface area (Å²) in [7, 11) is 0. The second-order valence-electron chi connectivity index (χ2n) is 6.96. The minimum absolute atomic E-state index is 0.0633. The zero-order valence-corrected chi connectivity index (χ0v) is 17.5. The monoisotopic (exact) mass is 418 g/mol. The lowest BCUT2D eigenvalue weighted by Gasteiger charge is -2.20. The highest BCUT2D eigenvalue weighted by Gasteiger charge is 2.35. The number of unbranched alkanes of at least 4 members (excludes halogenated alkanes) is 1. The van der Waals surface area contributed by atoms with Crippen LogP contribution < -0.4 is 4.74 Å². The summed E-state index contributed by atoms with van der Waals surface area (Å²) in [5.74, 6) is 0.399. The van der Waals surface area contributed by atoms with Gasteiger partial charge < -0.3 is 4.74 Å². The van der Waals surface area contributed by atoms with Crippen LogP contribution in [0, 0.1) is 5.41 Å². The molecule has 2 aromatic carbocycles. The molecule has 0 atom stereocenters. The first kappa shape index (κ1) is 20.1. The SMILES string of the molecule is CCCCC1=NN2C(=N)/C(=C/c3ccc(OCc4ccccc4)cc3)C(=O)N=C2S1. The van der Waals surface area contributed by atoms with Gasteiger partial charge in [-0.1, -0.05) is 55.8 Å². The highest BCUT2D eigenvalue weighted by atomic mass is 32.2. The lowest BCUT2D eigenvalue weighted by Crippen LogP contribution is -2.35. The van der Waals surface area contributed by atoms with Crippen molar-refractivity contribution in [3.05, 3.63) is 71.3 Å². The van der Waals surface area contributed by atoms with Gasteiger partial charge in [-0.3, -0.25) is 10.2 Å². The Morgan fingerprint density at radius 1 is 1.13 bits per heavy atom. The number of nitrogens with zero attached hydrogens (tertiary/aromatic N) is 3. The van der Waals surface area contributed by atoms with Crippen LogP contribution >= 0.6 is 11.8 Å². The minimum atomic E-state index is -0.407. The van der Waals surface area contributed by atoms with Crippen molar-refractivity contribution in [2.24, 2.45) is 10.1 Å². The Kier molecular flexibility index (Phi) is 6.09. The Balaban J connectivity index is 1.46. The molecule has 30 heavy (non-hydrogen) atoms. The molecule has 6 nitrogen and oxygen atoms in total. The van der Waals surface area contributed by atoms with Crippen LogP contribution in [0.3, 0.4) is 0 Å². The van der Waals surface area contributed by atoms with Gasteiger partial charge in [0.15, 0.2) is 5.84 Å². The van der Waals surface area contributed by atoms with Gasteiger partial charge in [-0.05, 0) is 53.9 Å². The number of hydrogen-bond acceptors (Lipinski definition) is 5. The van der Waals surface area contributed by atoms with Crippen molar-refractivity contribution in [2.45, 2.75) is 32.8 Å². The minimum Gasteiger partial charge on any atom is -0.489 e. The molecule has 0 saturated carbocycles. The number of rotatable bonds is 7. The topological polar surface area (TPSA) is 78.1 Å². The van der Waals surface area contributed by atoms with Crippen molar-refractivity contribution in [1.82, 2.24) is 5.01 Å². The smallest absolute Gasteiger partial charge is 0.283 e. The van der Waals surface area contributed by atoms with E-state index in [4.69, 9.17) is 10.1 Å². The van der Waals surface area contributed by atoms with Gasteiger partial charge in [0.1, 0.15) is 17.4 Å². The van der Waals surface area contributed by atoms with E-state index >= 15 is 0 Å². The van der Waals surface area contributed by atoms with E-state index in [1.807, 2.05) is 54.6 Å². The van der Waals surface area contributed by atoms with Crippen molar-refractivity contribution in [2.75, 3.05) is 0 Å². The van der Waals surface area contributed by atoms with E-state index in [1.165, 1.54) is 16.8 Å². The van der Waals surface area contributed by atoms with E-state index in [9.17, 15) is 4.79 Å². The van der Waals surface area contributed by atoms with Crippen molar-refractivity contribution in [3.63, 3.8) is 0 Å². The maximum atomic E-state index is 12.5. The van der Waals surface area contributed by atoms with E-state index in [0.29, 0.717) is 11.8 Å². The number of carbonyl (C=O) groups excluding carboxylic acids is 1. The molecule has 1 amide bonds. The number of hydrazone groups is 1. The molecular formula is C23H22N4O2S. The molecule has 4 rings (SSSR count). The molecule has 0 aromatic heterocycles. The third-order valence-corrected chi connectivity index (χ3v) is 5.65. The zero-order valence-electron chi connectivity index (χ0n) is 16.7. The Hall–Kier alpha value is -3.19. The fraction of sp³-hybridized carbons (Fsp3) is 0.217. The average Bonchev–Trinajstić information content (AvgIpc) is 3.18. The number of amides is 1. The molecule has 2 heterocycles. The summed E-state index contributed by atoms with van der Waals surface area (Å²) >= 11 is 1.38. The van der Waals surface area contributed by atoms with Gasteiger partial charge in [-0.25, -0.2) is 0 Å². The fourth-order valence-corrected chi connectivity index (χ4v) is 3.96. The van der Waals surface area contributed by atoms with E-state index in [-0.39, 0.29) is 11.4 Å². The molecule has 0 unspecified atom stereocenters. The fourth-order valence-electron chi connectivity index (χ4n) is 3.03.